The molecule has 0 amide bonds. The molecule has 0 saturated carbocycles. The van der Waals surface area contributed by atoms with Crippen LogP contribution in [0.2, 0.25) is 0 Å². The van der Waals surface area contributed by atoms with E-state index >= 15 is 0 Å². The third-order valence-corrected chi connectivity index (χ3v) is 2.20. The Morgan fingerprint density at radius 1 is 1.07 bits per heavy atom. The molecule has 2 aromatic rings. The van der Waals surface area contributed by atoms with E-state index in [1.165, 1.54) is 0 Å². The van der Waals surface area contributed by atoms with E-state index in [1.54, 1.807) is 19.1 Å². The zero-order valence-electron chi connectivity index (χ0n) is 7.92. The van der Waals surface area contributed by atoms with Gasteiger partial charge in [0.15, 0.2) is 0 Å². The molecule has 0 heterocycles. The van der Waals surface area contributed by atoms with Crippen molar-refractivity contribution in [2.45, 2.75) is 6.92 Å². The third-order valence-electron chi connectivity index (χ3n) is 2.20. The van der Waals surface area contributed by atoms with Crippen LogP contribution in [0, 0.1) is 18.8 Å². The molecule has 0 atom stereocenters. The minimum Gasteiger partial charge on any atom is -0.206 e. The zero-order chi connectivity index (χ0) is 9.97. The number of aryl methyl sites for hydroxylation is 1. The summed E-state index contributed by atoms with van der Waals surface area (Å²) in [6.07, 6.45) is 0. The van der Waals surface area contributed by atoms with E-state index < -0.39 is 0 Å². The molecule has 0 N–H and O–H groups in total. The van der Waals surface area contributed by atoms with Crippen LogP contribution in [0.3, 0.4) is 0 Å². The van der Waals surface area contributed by atoms with Gasteiger partial charge in [0.25, 0.3) is 0 Å². The minimum atomic E-state index is -0.182. The molecule has 0 nitrogen and oxygen atoms in total. The Balaban J connectivity index is 2.58. The molecule has 69 valence electrons. The molecule has 0 unspecified atom stereocenters. The van der Waals surface area contributed by atoms with Gasteiger partial charge in [-0.1, -0.05) is 42.5 Å². The topological polar surface area (TPSA) is 0 Å². The van der Waals surface area contributed by atoms with Crippen LogP contribution < -0.4 is 0 Å². The van der Waals surface area contributed by atoms with Crippen molar-refractivity contribution in [1.82, 2.24) is 0 Å². The van der Waals surface area contributed by atoms with Crippen molar-refractivity contribution in [3.63, 3.8) is 0 Å². The summed E-state index contributed by atoms with van der Waals surface area (Å²) in [7, 11) is 0. The smallest absolute Gasteiger partial charge is 0.134 e. The van der Waals surface area contributed by atoms with E-state index in [9.17, 15) is 4.39 Å². The summed E-state index contributed by atoms with van der Waals surface area (Å²) in [6, 6.07) is 15.9. The van der Waals surface area contributed by atoms with Crippen molar-refractivity contribution in [3.05, 3.63) is 59.9 Å². The quantitative estimate of drug-likeness (QED) is 0.636. The van der Waals surface area contributed by atoms with Gasteiger partial charge in [0.05, 0.1) is 0 Å². The monoisotopic (exact) mass is 185 g/mol. The SMILES string of the molecule is Cc1[c]ccc(-c2ccccc2)c1F. The first-order valence-corrected chi connectivity index (χ1v) is 4.51. The number of benzene rings is 2. The van der Waals surface area contributed by atoms with E-state index in [-0.39, 0.29) is 5.82 Å². The Hall–Kier alpha value is -1.63. The number of hydrogen-bond acceptors (Lipinski definition) is 0. The lowest BCUT2D eigenvalue weighted by molar-refractivity contribution is 0.621. The Labute approximate surface area is 83.0 Å². The maximum atomic E-state index is 13.7. The summed E-state index contributed by atoms with van der Waals surface area (Å²) >= 11 is 0. The van der Waals surface area contributed by atoms with Gasteiger partial charge in [0.2, 0.25) is 0 Å². The van der Waals surface area contributed by atoms with Crippen molar-refractivity contribution in [2.75, 3.05) is 0 Å². The molecular formula is C13H10F. The van der Waals surface area contributed by atoms with E-state index in [2.05, 4.69) is 6.07 Å². The summed E-state index contributed by atoms with van der Waals surface area (Å²) in [6.45, 7) is 1.72. The fourth-order valence-electron chi connectivity index (χ4n) is 1.43. The summed E-state index contributed by atoms with van der Waals surface area (Å²) in [5.74, 6) is -0.182. The highest BCUT2D eigenvalue weighted by Crippen LogP contribution is 2.23. The first-order valence-electron chi connectivity index (χ1n) is 4.51. The second kappa shape index (κ2) is 3.62. The predicted molar refractivity (Wildman–Crippen MR) is 55.4 cm³/mol. The van der Waals surface area contributed by atoms with Gasteiger partial charge >= 0.3 is 0 Å². The zero-order valence-corrected chi connectivity index (χ0v) is 7.92. The van der Waals surface area contributed by atoms with Crippen LogP contribution in [0.1, 0.15) is 5.56 Å². The molecule has 0 fully saturated rings. The average Bonchev–Trinajstić information content (AvgIpc) is 2.23. The fourth-order valence-corrected chi connectivity index (χ4v) is 1.43. The molecule has 1 radical (unpaired) electrons. The highest BCUT2D eigenvalue weighted by Gasteiger charge is 2.05. The molecule has 14 heavy (non-hydrogen) atoms. The highest BCUT2D eigenvalue weighted by atomic mass is 19.1. The molecule has 0 aliphatic rings. The molecular weight excluding hydrogens is 175 g/mol. The van der Waals surface area contributed by atoms with Gasteiger partial charge in [-0.15, -0.1) is 0 Å². The van der Waals surface area contributed by atoms with E-state index in [4.69, 9.17) is 0 Å². The number of halogens is 1. The second-order valence-corrected chi connectivity index (χ2v) is 3.20. The fraction of sp³-hybridized carbons (Fsp3) is 0.0769. The van der Waals surface area contributed by atoms with Crippen molar-refractivity contribution in [2.24, 2.45) is 0 Å². The largest absolute Gasteiger partial charge is 0.206 e. The average molecular weight is 185 g/mol. The van der Waals surface area contributed by atoms with Gasteiger partial charge in [-0.3, -0.25) is 0 Å². The van der Waals surface area contributed by atoms with E-state index in [0.29, 0.717) is 11.1 Å². The predicted octanol–water partition coefficient (Wildman–Crippen LogP) is 3.60. The molecule has 0 bridgehead atoms. The summed E-state index contributed by atoms with van der Waals surface area (Å²) in [5.41, 5.74) is 2.11. The summed E-state index contributed by atoms with van der Waals surface area (Å²) < 4.78 is 13.7. The first kappa shape index (κ1) is 8.95. The van der Waals surface area contributed by atoms with Gasteiger partial charge in [-0.05, 0) is 24.1 Å². The Bertz CT molecular complexity index is 432. The van der Waals surface area contributed by atoms with Crippen molar-refractivity contribution < 1.29 is 4.39 Å². The lowest BCUT2D eigenvalue weighted by atomic mass is 10.0. The van der Waals surface area contributed by atoms with Crippen LogP contribution in [0.25, 0.3) is 11.1 Å². The molecule has 2 aromatic carbocycles. The molecule has 0 spiro atoms. The first-order chi connectivity index (χ1) is 6.79. The Morgan fingerprint density at radius 2 is 1.79 bits per heavy atom. The number of hydrogen-bond donors (Lipinski definition) is 0. The van der Waals surface area contributed by atoms with Crippen LogP contribution >= 0.6 is 0 Å². The van der Waals surface area contributed by atoms with Gasteiger partial charge < -0.3 is 0 Å². The molecule has 0 aliphatic carbocycles. The third kappa shape index (κ3) is 1.53. The maximum Gasteiger partial charge on any atom is 0.134 e. The summed E-state index contributed by atoms with van der Waals surface area (Å²) in [4.78, 5) is 0. The van der Waals surface area contributed by atoms with Gasteiger partial charge in [-0.25, -0.2) is 4.39 Å². The standard InChI is InChI=1S/C13H10F/c1-10-6-5-9-12(13(10)14)11-7-3-2-4-8-11/h2-5,7-9H,1H3. The number of rotatable bonds is 1. The maximum absolute atomic E-state index is 13.7. The lowest BCUT2D eigenvalue weighted by Gasteiger charge is -2.04. The van der Waals surface area contributed by atoms with Crippen LogP contribution in [0.5, 0.6) is 0 Å². The van der Waals surface area contributed by atoms with Crippen LogP contribution in [0.15, 0.2) is 42.5 Å². The molecule has 0 saturated heterocycles. The van der Waals surface area contributed by atoms with Crippen LogP contribution in [0.4, 0.5) is 4.39 Å². The van der Waals surface area contributed by atoms with E-state index in [1.807, 2.05) is 30.3 Å². The summed E-state index contributed by atoms with van der Waals surface area (Å²) in [5, 5.41) is 0. The van der Waals surface area contributed by atoms with Gasteiger partial charge in [0.1, 0.15) is 5.82 Å². The van der Waals surface area contributed by atoms with Crippen molar-refractivity contribution in [1.29, 1.82) is 0 Å². The van der Waals surface area contributed by atoms with Crippen molar-refractivity contribution >= 4 is 0 Å². The van der Waals surface area contributed by atoms with Crippen molar-refractivity contribution in [3.8, 4) is 11.1 Å². The van der Waals surface area contributed by atoms with E-state index in [0.717, 1.165) is 5.56 Å². The second-order valence-electron chi connectivity index (χ2n) is 3.20. The molecule has 0 aromatic heterocycles. The highest BCUT2D eigenvalue weighted by molar-refractivity contribution is 5.64. The molecule has 2 rings (SSSR count). The van der Waals surface area contributed by atoms with Gasteiger partial charge in [0, 0.05) is 5.56 Å². The minimum absolute atomic E-state index is 0.182. The van der Waals surface area contributed by atoms with Crippen LogP contribution in [-0.4, -0.2) is 0 Å². The Kier molecular flexibility index (Phi) is 2.32. The lowest BCUT2D eigenvalue weighted by Crippen LogP contribution is -1.87. The Morgan fingerprint density at radius 3 is 2.50 bits per heavy atom. The normalized spacial score (nSPS) is 10.1. The molecule has 1 heteroatoms. The van der Waals surface area contributed by atoms with Crippen LogP contribution in [-0.2, 0) is 0 Å². The molecule has 0 aliphatic heterocycles. The van der Waals surface area contributed by atoms with Gasteiger partial charge in [-0.2, -0.15) is 0 Å².